The molecule has 0 aliphatic carbocycles. The van der Waals surface area contributed by atoms with Crippen LogP contribution in [0.2, 0.25) is 0 Å². The van der Waals surface area contributed by atoms with Gasteiger partial charge in [0.1, 0.15) is 10.8 Å². The third kappa shape index (κ3) is 5.28. The molecule has 26 heavy (non-hydrogen) atoms. The van der Waals surface area contributed by atoms with Crippen molar-refractivity contribution in [2.45, 2.75) is 26.1 Å². The van der Waals surface area contributed by atoms with Crippen LogP contribution in [0.15, 0.2) is 29.6 Å². The maximum atomic E-state index is 12.6. The molecule has 1 unspecified atom stereocenters. The molecule has 1 heterocycles. The molecule has 0 fully saturated rings. The van der Waals surface area contributed by atoms with Crippen molar-refractivity contribution in [3.63, 3.8) is 0 Å². The number of hydrogen-bond donors (Lipinski definition) is 1. The molecule has 0 aliphatic heterocycles. The summed E-state index contributed by atoms with van der Waals surface area (Å²) in [6.07, 6.45) is -4.76. The van der Waals surface area contributed by atoms with Crippen molar-refractivity contribution in [3.05, 3.63) is 35.3 Å². The van der Waals surface area contributed by atoms with Crippen molar-refractivity contribution in [2.75, 3.05) is 13.2 Å². The van der Waals surface area contributed by atoms with Gasteiger partial charge in [-0.15, -0.1) is 24.5 Å². The lowest BCUT2D eigenvalue weighted by Crippen LogP contribution is -2.16. The first-order valence-corrected chi connectivity index (χ1v) is 10.1. The van der Waals surface area contributed by atoms with Crippen LogP contribution in [-0.4, -0.2) is 29.7 Å². The number of aromatic nitrogens is 1. The standard InChI is InChI=1S/C15H17F3NO5PS/c1-3-22-25(21,23-4-2)14(20)12-9-26-13(19-12)10-5-7-11(8-6-10)24-15(16,17)18/h5-9,14,20H,3-4H2,1-2H3. The first kappa shape index (κ1) is 20.9. The smallest absolute Gasteiger partial charge is 0.406 e. The van der Waals surface area contributed by atoms with E-state index in [9.17, 15) is 22.8 Å². The fourth-order valence-electron chi connectivity index (χ4n) is 2.04. The molecule has 2 aromatic rings. The Balaban J connectivity index is 2.19. The first-order valence-electron chi connectivity index (χ1n) is 7.57. The molecular formula is C15H17F3NO5PS. The maximum Gasteiger partial charge on any atom is 0.573 e. The zero-order valence-electron chi connectivity index (χ0n) is 13.9. The molecule has 11 heteroatoms. The van der Waals surface area contributed by atoms with E-state index in [1.54, 1.807) is 13.8 Å². The zero-order chi connectivity index (χ0) is 19.4. The Morgan fingerprint density at radius 1 is 1.19 bits per heavy atom. The van der Waals surface area contributed by atoms with E-state index >= 15 is 0 Å². The zero-order valence-corrected chi connectivity index (χ0v) is 15.6. The van der Waals surface area contributed by atoms with Crippen molar-refractivity contribution in [1.82, 2.24) is 4.98 Å². The van der Waals surface area contributed by atoms with Gasteiger partial charge in [0.2, 0.25) is 0 Å². The van der Waals surface area contributed by atoms with Gasteiger partial charge in [-0.05, 0) is 38.1 Å². The summed E-state index contributed by atoms with van der Waals surface area (Å²) in [4.78, 5) is 4.19. The Morgan fingerprint density at radius 2 is 1.77 bits per heavy atom. The summed E-state index contributed by atoms with van der Waals surface area (Å²) in [7, 11) is -3.79. The van der Waals surface area contributed by atoms with Crippen LogP contribution in [0.3, 0.4) is 0 Å². The molecule has 0 aliphatic rings. The number of nitrogens with zero attached hydrogens (tertiary/aromatic N) is 1. The van der Waals surface area contributed by atoms with Crippen molar-refractivity contribution < 1.29 is 36.6 Å². The average Bonchev–Trinajstić information content (AvgIpc) is 3.03. The molecule has 0 saturated heterocycles. The number of rotatable bonds is 8. The molecule has 144 valence electrons. The Bertz CT molecular complexity index is 755. The molecule has 1 N–H and O–H groups in total. The van der Waals surface area contributed by atoms with Gasteiger partial charge in [-0.3, -0.25) is 4.57 Å². The quantitative estimate of drug-likeness (QED) is 0.619. The normalized spacial score (nSPS) is 13.6. The average molecular weight is 411 g/mol. The predicted octanol–water partition coefficient (Wildman–Crippen LogP) is 4.97. The Hall–Kier alpha value is -1.45. The van der Waals surface area contributed by atoms with E-state index in [0.29, 0.717) is 10.6 Å². The van der Waals surface area contributed by atoms with Crippen LogP contribution in [0, 0.1) is 0 Å². The van der Waals surface area contributed by atoms with Gasteiger partial charge in [0.15, 0.2) is 5.85 Å². The van der Waals surface area contributed by atoms with E-state index in [0.717, 1.165) is 23.5 Å². The molecule has 6 nitrogen and oxygen atoms in total. The lowest BCUT2D eigenvalue weighted by Gasteiger charge is -2.20. The van der Waals surface area contributed by atoms with E-state index in [1.165, 1.54) is 17.5 Å². The molecule has 1 aromatic carbocycles. The van der Waals surface area contributed by atoms with Crippen molar-refractivity contribution in [3.8, 4) is 16.3 Å². The largest absolute Gasteiger partial charge is 0.573 e. The van der Waals surface area contributed by atoms with Gasteiger partial charge >= 0.3 is 14.0 Å². The number of aliphatic hydroxyl groups is 1. The molecule has 1 aromatic heterocycles. The Morgan fingerprint density at radius 3 is 2.27 bits per heavy atom. The summed E-state index contributed by atoms with van der Waals surface area (Å²) in [6, 6.07) is 5.12. The Kier molecular flexibility index (Phi) is 6.81. The third-order valence-corrected chi connectivity index (χ3v) is 6.05. The van der Waals surface area contributed by atoms with E-state index in [-0.39, 0.29) is 24.7 Å². The van der Waals surface area contributed by atoms with Crippen LogP contribution in [0.25, 0.3) is 10.6 Å². The summed E-state index contributed by atoms with van der Waals surface area (Å²) in [5.74, 6) is -1.91. The molecule has 1 atom stereocenters. The monoisotopic (exact) mass is 411 g/mol. The van der Waals surface area contributed by atoms with Crippen LogP contribution in [-0.2, 0) is 13.6 Å². The van der Waals surface area contributed by atoms with Crippen LogP contribution in [0.1, 0.15) is 25.4 Å². The van der Waals surface area contributed by atoms with E-state index in [1.807, 2.05) is 0 Å². The highest BCUT2D eigenvalue weighted by molar-refractivity contribution is 7.54. The SMILES string of the molecule is CCOP(=O)(OCC)C(O)c1csc(-c2ccc(OC(F)(F)F)cc2)n1. The van der Waals surface area contributed by atoms with Crippen molar-refractivity contribution >= 4 is 18.9 Å². The summed E-state index contributed by atoms with van der Waals surface area (Å²) in [5.41, 5.74) is 0.622. The number of aliphatic hydroxyl groups excluding tert-OH is 1. The summed E-state index contributed by atoms with van der Waals surface area (Å²) < 4.78 is 63.1. The topological polar surface area (TPSA) is 77.9 Å². The number of benzene rings is 1. The second-order valence-corrected chi connectivity index (χ2v) is 7.84. The highest BCUT2D eigenvalue weighted by atomic mass is 32.1. The summed E-state index contributed by atoms with van der Waals surface area (Å²) in [6.45, 7) is 3.42. The minimum absolute atomic E-state index is 0.0893. The molecule has 2 rings (SSSR count). The minimum atomic E-state index is -4.76. The highest BCUT2D eigenvalue weighted by Gasteiger charge is 2.37. The maximum absolute atomic E-state index is 12.6. The number of thiazole rings is 1. The van der Waals surface area contributed by atoms with Crippen LogP contribution >= 0.6 is 18.9 Å². The van der Waals surface area contributed by atoms with Crippen LogP contribution < -0.4 is 4.74 Å². The van der Waals surface area contributed by atoms with Gasteiger partial charge in [-0.25, -0.2) is 4.98 Å². The Labute approximate surface area is 152 Å². The number of alkyl halides is 3. The van der Waals surface area contributed by atoms with Gasteiger partial charge in [0, 0.05) is 10.9 Å². The number of hydrogen-bond acceptors (Lipinski definition) is 7. The lowest BCUT2D eigenvalue weighted by atomic mass is 10.2. The summed E-state index contributed by atoms with van der Waals surface area (Å²) >= 11 is 1.14. The second kappa shape index (κ2) is 8.49. The van der Waals surface area contributed by atoms with E-state index in [2.05, 4.69) is 9.72 Å². The van der Waals surface area contributed by atoms with Gasteiger partial charge in [-0.1, -0.05) is 0 Å². The van der Waals surface area contributed by atoms with Crippen molar-refractivity contribution in [2.24, 2.45) is 0 Å². The van der Waals surface area contributed by atoms with Gasteiger partial charge in [-0.2, -0.15) is 0 Å². The fourth-order valence-corrected chi connectivity index (χ4v) is 4.51. The molecular weight excluding hydrogens is 394 g/mol. The molecule has 0 bridgehead atoms. The van der Waals surface area contributed by atoms with Gasteiger partial charge in [0.25, 0.3) is 0 Å². The lowest BCUT2D eigenvalue weighted by molar-refractivity contribution is -0.274. The van der Waals surface area contributed by atoms with E-state index in [4.69, 9.17) is 9.05 Å². The molecule has 0 amide bonds. The second-order valence-electron chi connectivity index (χ2n) is 4.90. The number of halogens is 3. The minimum Gasteiger partial charge on any atom is -0.406 e. The van der Waals surface area contributed by atoms with Gasteiger partial charge < -0.3 is 18.9 Å². The van der Waals surface area contributed by atoms with Crippen molar-refractivity contribution in [1.29, 1.82) is 0 Å². The fraction of sp³-hybridized carbons (Fsp3) is 0.400. The predicted molar refractivity (Wildman–Crippen MR) is 90.1 cm³/mol. The first-order chi connectivity index (χ1) is 12.2. The van der Waals surface area contributed by atoms with Gasteiger partial charge in [0.05, 0.1) is 18.9 Å². The number of ether oxygens (including phenoxy) is 1. The summed E-state index contributed by atoms with van der Waals surface area (Å²) in [5, 5.41) is 12.2. The molecule has 0 saturated carbocycles. The molecule has 0 radical (unpaired) electrons. The van der Waals surface area contributed by atoms with E-state index < -0.39 is 19.8 Å². The molecule has 0 spiro atoms. The highest BCUT2D eigenvalue weighted by Crippen LogP contribution is 2.59. The third-order valence-electron chi connectivity index (χ3n) is 3.04. The van der Waals surface area contributed by atoms with Crippen LogP contribution in [0.5, 0.6) is 5.75 Å². The van der Waals surface area contributed by atoms with Crippen LogP contribution in [0.4, 0.5) is 13.2 Å².